The van der Waals surface area contributed by atoms with E-state index < -0.39 is 0 Å². The summed E-state index contributed by atoms with van der Waals surface area (Å²) in [5.74, 6) is 0.197. The van der Waals surface area contributed by atoms with E-state index in [0.29, 0.717) is 26.2 Å². The number of carbonyl (C=O) groups is 2. The monoisotopic (exact) mass is 338 g/mol. The van der Waals surface area contributed by atoms with Gasteiger partial charge in [0.1, 0.15) is 0 Å². The highest BCUT2D eigenvalue weighted by atomic mass is 16.5. The summed E-state index contributed by atoms with van der Waals surface area (Å²) in [6, 6.07) is 0.369. The Bertz CT molecular complexity index is 502. The van der Waals surface area contributed by atoms with E-state index in [-0.39, 0.29) is 35.5 Å². The van der Waals surface area contributed by atoms with Crippen molar-refractivity contribution in [2.24, 2.45) is 5.92 Å². The molecular weight excluding hydrogens is 308 g/mol. The molecule has 24 heavy (non-hydrogen) atoms. The molecule has 0 aromatic heterocycles. The van der Waals surface area contributed by atoms with E-state index in [2.05, 4.69) is 10.2 Å². The van der Waals surface area contributed by atoms with Gasteiger partial charge in [0.2, 0.25) is 5.91 Å². The van der Waals surface area contributed by atoms with Crippen molar-refractivity contribution in [1.29, 1.82) is 0 Å². The smallest absolute Gasteiger partial charge is 0.317 e. The van der Waals surface area contributed by atoms with Crippen LogP contribution in [0.1, 0.15) is 27.7 Å². The predicted octanol–water partition coefficient (Wildman–Crippen LogP) is 0.358. The van der Waals surface area contributed by atoms with Crippen LogP contribution in [0.2, 0.25) is 0 Å². The third-order valence-corrected chi connectivity index (χ3v) is 5.23. The van der Waals surface area contributed by atoms with Gasteiger partial charge in [-0.1, -0.05) is 13.8 Å². The van der Waals surface area contributed by atoms with E-state index in [4.69, 9.17) is 4.74 Å². The van der Waals surface area contributed by atoms with Gasteiger partial charge in [-0.15, -0.1) is 0 Å². The lowest BCUT2D eigenvalue weighted by atomic mass is 9.82. The third-order valence-electron chi connectivity index (χ3n) is 5.23. The molecule has 3 fully saturated rings. The van der Waals surface area contributed by atoms with Gasteiger partial charge in [-0.05, 0) is 13.8 Å². The number of hydrogen-bond acceptors (Lipinski definition) is 4. The van der Waals surface area contributed by atoms with Crippen LogP contribution < -0.4 is 5.32 Å². The zero-order chi connectivity index (χ0) is 17.5. The second-order valence-corrected chi connectivity index (χ2v) is 7.98. The topological polar surface area (TPSA) is 65.1 Å². The van der Waals surface area contributed by atoms with Crippen LogP contribution in [0.15, 0.2) is 0 Å². The first-order valence-electron chi connectivity index (χ1n) is 9.01. The summed E-state index contributed by atoms with van der Waals surface area (Å²) in [4.78, 5) is 31.1. The van der Waals surface area contributed by atoms with E-state index >= 15 is 0 Å². The number of ether oxygens (including phenoxy) is 1. The summed E-state index contributed by atoms with van der Waals surface area (Å²) in [5.41, 5.74) is -0.106. The maximum Gasteiger partial charge on any atom is 0.317 e. The average molecular weight is 338 g/mol. The number of urea groups is 1. The lowest BCUT2D eigenvalue weighted by Crippen LogP contribution is -2.82. The maximum absolute atomic E-state index is 12.5. The van der Waals surface area contributed by atoms with Crippen molar-refractivity contribution in [1.82, 2.24) is 20.0 Å². The van der Waals surface area contributed by atoms with Gasteiger partial charge >= 0.3 is 6.03 Å². The number of likely N-dealkylation sites (tertiary alicyclic amines) is 1. The van der Waals surface area contributed by atoms with Gasteiger partial charge in [-0.2, -0.15) is 0 Å². The number of morpholine rings is 1. The molecule has 1 spiro atoms. The van der Waals surface area contributed by atoms with Crippen molar-refractivity contribution < 1.29 is 14.3 Å². The van der Waals surface area contributed by atoms with E-state index in [9.17, 15) is 9.59 Å². The van der Waals surface area contributed by atoms with E-state index in [0.717, 1.165) is 19.7 Å². The molecule has 7 heteroatoms. The lowest BCUT2D eigenvalue weighted by Gasteiger charge is -2.63. The van der Waals surface area contributed by atoms with Crippen LogP contribution in [-0.4, -0.2) is 90.2 Å². The van der Waals surface area contributed by atoms with Gasteiger partial charge in [-0.25, -0.2) is 4.79 Å². The Hall–Kier alpha value is -1.34. The number of hydrogen-bond donors (Lipinski definition) is 1. The Morgan fingerprint density at radius 3 is 2.42 bits per heavy atom. The highest BCUT2D eigenvalue weighted by Gasteiger charge is 2.56. The van der Waals surface area contributed by atoms with Crippen molar-refractivity contribution >= 4 is 11.9 Å². The summed E-state index contributed by atoms with van der Waals surface area (Å²) in [6.45, 7) is 12.9. The Labute approximate surface area is 144 Å². The van der Waals surface area contributed by atoms with Crippen LogP contribution in [-0.2, 0) is 9.53 Å². The van der Waals surface area contributed by atoms with Gasteiger partial charge in [0.15, 0.2) is 0 Å². The first kappa shape index (κ1) is 17.5. The number of nitrogens with one attached hydrogen (secondary N) is 1. The largest absolute Gasteiger partial charge is 0.378 e. The van der Waals surface area contributed by atoms with Crippen LogP contribution in [0, 0.1) is 5.92 Å². The first-order chi connectivity index (χ1) is 11.3. The normalized spacial score (nSPS) is 26.5. The van der Waals surface area contributed by atoms with E-state index in [1.165, 1.54) is 0 Å². The van der Waals surface area contributed by atoms with E-state index in [1.807, 2.05) is 37.5 Å². The Morgan fingerprint density at radius 2 is 1.79 bits per heavy atom. The van der Waals surface area contributed by atoms with Crippen LogP contribution in [0.25, 0.3) is 0 Å². The highest BCUT2D eigenvalue weighted by molar-refractivity contribution is 5.79. The Morgan fingerprint density at radius 1 is 1.12 bits per heavy atom. The molecule has 0 aromatic rings. The number of fused-ring (bicyclic) bond motifs is 2. The molecule has 0 bridgehead atoms. The Balaban J connectivity index is 1.72. The molecule has 3 aliphatic heterocycles. The van der Waals surface area contributed by atoms with Crippen molar-refractivity contribution in [3.8, 4) is 0 Å². The number of amides is 3. The van der Waals surface area contributed by atoms with Crippen LogP contribution in [0.3, 0.4) is 0 Å². The van der Waals surface area contributed by atoms with Gasteiger partial charge < -0.3 is 19.9 Å². The molecule has 3 saturated heterocycles. The van der Waals surface area contributed by atoms with E-state index in [1.54, 1.807) is 0 Å². The summed E-state index contributed by atoms with van der Waals surface area (Å²) in [7, 11) is 0. The SMILES string of the molecule is CC(C)NC(=O)N1CC2(C1)CN(C(=O)C(C)C)CC1COCCN12. The molecule has 136 valence electrons. The number of rotatable bonds is 2. The van der Waals surface area contributed by atoms with Crippen molar-refractivity contribution in [3.05, 3.63) is 0 Å². The quantitative estimate of drug-likeness (QED) is 0.789. The second-order valence-electron chi connectivity index (χ2n) is 7.98. The molecule has 7 nitrogen and oxygen atoms in total. The van der Waals surface area contributed by atoms with Gasteiger partial charge in [-0.3, -0.25) is 9.69 Å². The fraction of sp³-hybridized carbons (Fsp3) is 0.882. The molecule has 0 saturated carbocycles. The number of nitrogens with zero attached hydrogens (tertiary/aromatic N) is 3. The van der Waals surface area contributed by atoms with Crippen LogP contribution >= 0.6 is 0 Å². The van der Waals surface area contributed by atoms with Crippen LogP contribution in [0.5, 0.6) is 0 Å². The number of carbonyl (C=O) groups excluding carboxylic acids is 2. The van der Waals surface area contributed by atoms with Gasteiger partial charge in [0.25, 0.3) is 0 Å². The zero-order valence-corrected chi connectivity index (χ0v) is 15.2. The summed E-state index contributed by atoms with van der Waals surface area (Å²) < 4.78 is 5.64. The minimum atomic E-state index is -0.106. The summed E-state index contributed by atoms with van der Waals surface area (Å²) >= 11 is 0. The predicted molar refractivity (Wildman–Crippen MR) is 90.7 cm³/mol. The molecular formula is C17H30N4O3. The first-order valence-corrected chi connectivity index (χ1v) is 9.01. The minimum Gasteiger partial charge on any atom is -0.378 e. The van der Waals surface area contributed by atoms with Crippen molar-refractivity contribution in [2.75, 3.05) is 45.9 Å². The lowest BCUT2D eigenvalue weighted by molar-refractivity contribution is -0.170. The molecule has 1 N–H and O–H groups in total. The second kappa shape index (κ2) is 6.52. The standard InChI is InChI=1S/C17H30N4O3/c1-12(2)15(22)19-7-14-8-24-6-5-21(14)17(9-19)10-20(11-17)16(23)18-13(3)4/h12-14H,5-11H2,1-4H3,(H,18,23). The summed E-state index contributed by atoms with van der Waals surface area (Å²) in [6.07, 6.45) is 0. The van der Waals surface area contributed by atoms with Crippen molar-refractivity contribution in [2.45, 2.75) is 45.3 Å². The van der Waals surface area contributed by atoms with Crippen molar-refractivity contribution in [3.63, 3.8) is 0 Å². The molecule has 1 unspecified atom stereocenters. The van der Waals surface area contributed by atoms with Crippen LogP contribution in [0.4, 0.5) is 4.79 Å². The molecule has 3 amide bonds. The molecule has 3 rings (SSSR count). The third kappa shape index (κ3) is 3.11. The molecule has 0 radical (unpaired) electrons. The molecule has 1 atom stereocenters. The van der Waals surface area contributed by atoms with Gasteiger partial charge in [0.05, 0.1) is 24.8 Å². The minimum absolute atomic E-state index is 0.00136. The molecule has 3 heterocycles. The summed E-state index contributed by atoms with van der Waals surface area (Å²) in [5, 5.41) is 2.95. The Kier molecular flexibility index (Phi) is 4.75. The fourth-order valence-electron chi connectivity index (χ4n) is 4.16. The molecule has 3 aliphatic rings. The maximum atomic E-state index is 12.5. The molecule has 0 aromatic carbocycles. The molecule has 0 aliphatic carbocycles. The average Bonchev–Trinajstić information content (AvgIpc) is 2.49. The van der Waals surface area contributed by atoms with Gasteiger partial charge in [0, 0.05) is 44.7 Å². The zero-order valence-electron chi connectivity index (χ0n) is 15.2. The highest BCUT2D eigenvalue weighted by Crippen LogP contribution is 2.36. The fourth-order valence-corrected chi connectivity index (χ4v) is 4.16. The number of piperazine rings is 1.